The first-order valence-corrected chi connectivity index (χ1v) is 15.4. The smallest absolute Gasteiger partial charge is 0.280 e. The van der Waals surface area contributed by atoms with Crippen LogP contribution in [-0.2, 0) is 19.9 Å². The van der Waals surface area contributed by atoms with Crippen LogP contribution in [0, 0.1) is 0 Å². The van der Waals surface area contributed by atoms with E-state index in [0.29, 0.717) is 17.9 Å². The van der Waals surface area contributed by atoms with E-state index in [9.17, 15) is 14.7 Å². The monoisotopic (exact) mass is 639 g/mol. The van der Waals surface area contributed by atoms with Crippen molar-refractivity contribution < 1.29 is 28.8 Å². The summed E-state index contributed by atoms with van der Waals surface area (Å²) in [6.07, 6.45) is 0.272. The SMILES string of the molecule is CCCC(=O)Nc1nc2c(ncn2[C@H]2C[C@H](O)[C@@H](COC(c3ccccc3)(c3ccc(OC)cc3)c3ccc(OC)cc3)O2)c(=O)[nH]1. The summed E-state index contributed by atoms with van der Waals surface area (Å²) >= 11 is 0. The van der Waals surface area contributed by atoms with Crippen molar-refractivity contribution in [2.75, 3.05) is 26.1 Å². The van der Waals surface area contributed by atoms with Gasteiger partial charge in [-0.15, -0.1) is 0 Å². The molecule has 1 fully saturated rings. The summed E-state index contributed by atoms with van der Waals surface area (Å²) in [6.45, 7) is 1.90. The highest BCUT2D eigenvalue weighted by Crippen LogP contribution is 2.43. The van der Waals surface area contributed by atoms with Crippen LogP contribution in [0.15, 0.2) is 90.0 Å². The molecule has 0 unspecified atom stereocenters. The van der Waals surface area contributed by atoms with Gasteiger partial charge >= 0.3 is 0 Å². The van der Waals surface area contributed by atoms with Gasteiger partial charge in [-0.1, -0.05) is 61.5 Å². The summed E-state index contributed by atoms with van der Waals surface area (Å²) in [5.41, 5.74) is 1.31. The van der Waals surface area contributed by atoms with Crippen LogP contribution in [0.5, 0.6) is 11.5 Å². The second-order valence-electron chi connectivity index (χ2n) is 11.3. The van der Waals surface area contributed by atoms with E-state index in [1.807, 2.05) is 85.8 Å². The fourth-order valence-corrected chi connectivity index (χ4v) is 5.93. The van der Waals surface area contributed by atoms with Crippen molar-refractivity contribution in [1.29, 1.82) is 0 Å². The summed E-state index contributed by atoms with van der Waals surface area (Å²) in [4.78, 5) is 36.2. The number of carbonyl (C=O) groups is 1. The van der Waals surface area contributed by atoms with Gasteiger partial charge in [-0.2, -0.15) is 4.98 Å². The summed E-state index contributed by atoms with van der Waals surface area (Å²) in [7, 11) is 3.24. The standard InChI is InChI=1S/C35H37N5O7/c1-4-8-29(42)37-34-38-32-31(33(43)39-34)36-21-40(32)30-19-27(41)28(47-30)20-46-35(22-9-6-5-7-10-22,23-11-15-25(44-2)16-12-23)24-13-17-26(45-3)18-14-24/h5-7,9-18,21,27-28,30,41H,4,8,19-20H2,1-3H3,(H2,37,38,39,42,43)/t27-,28+,30+/m0/s1. The van der Waals surface area contributed by atoms with Gasteiger partial charge in [0.25, 0.3) is 5.56 Å². The van der Waals surface area contributed by atoms with Gasteiger partial charge < -0.3 is 24.1 Å². The number of hydrogen-bond donors (Lipinski definition) is 3. The second-order valence-corrected chi connectivity index (χ2v) is 11.3. The zero-order valence-electron chi connectivity index (χ0n) is 26.4. The van der Waals surface area contributed by atoms with Gasteiger partial charge in [0.2, 0.25) is 11.9 Å². The van der Waals surface area contributed by atoms with Gasteiger partial charge in [0.1, 0.15) is 29.4 Å². The third-order valence-corrected chi connectivity index (χ3v) is 8.32. The summed E-state index contributed by atoms with van der Waals surface area (Å²) < 4.78 is 25.8. The normalized spacial score (nSPS) is 17.9. The van der Waals surface area contributed by atoms with Crippen LogP contribution in [0.4, 0.5) is 5.95 Å². The van der Waals surface area contributed by atoms with E-state index in [1.54, 1.807) is 18.8 Å². The molecule has 0 radical (unpaired) electrons. The van der Waals surface area contributed by atoms with E-state index in [4.69, 9.17) is 18.9 Å². The Morgan fingerprint density at radius 2 is 1.62 bits per heavy atom. The summed E-state index contributed by atoms with van der Waals surface area (Å²) in [5.74, 6) is 1.17. The van der Waals surface area contributed by atoms with Crippen molar-refractivity contribution in [2.45, 2.75) is 50.2 Å². The number of methoxy groups -OCH3 is 2. The van der Waals surface area contributed by atoms with Crippen LogP contribution in [0.1, 0.15) is 49.1 Å². The maximum Gasteiger partial charge on any atom is 0.280 e. The van der Waals surface area contributed by atoms with Crippen molar-refractivity contribution in [3.05, 3.63) is 112 Å². The zero-order chi connectivity index (χ0) is 33.0. The van der Waals surface area contributed by atoms with E-state index < -0.39 is 29.6 Å². The molecule has 1 aliphatic rings. The van der Waals surface area contributed by atoms with Crippen molar-refractivity contribution >= 4 is 23.0 Å². The lowest BCUT2D eigenvalue weighted by Gasteiger charge is -2.37. The third-order valence-electron chi connectivity index (χ3n) is 8.32. The van der Waals surface area contributed by atoms with Crippen molar-refractivity contribution in [3.63, 3.8) is 0 Å². The number of aliphatic hydroxyl groups is 1. The number of ether oxygens (including phenoxy) is 4. The largest absolute Gasteiger partial charge is 0.497 e. The molecule has 12 heteroatoms. The molecule has 0 saturated carbocycles. The van der Waals surface area contributed by atoms with Gasteiger partial charge in [-0.25, -0.2) is 4.98 Å². The Morgan fingerprint density at radius 1 is 1.00 bits per heavy atom. The number of fused-ring (bicyclic) bond motifs is 1. The Morgan fingerprint density at radius 3 is 2.21 bits per heavy atom. The number of nitrogens with zero attached hydrogens (tertiary/aromatic N) is 3. The van der Waals surface area contributed by atoms with E-state index in [0.717, 1.165) is 16.7 Å². The van der Waals surface area contributed by atoms with E-state index >= 15 is 0 Å². The molecule has 1 amide bonds. The molecule has 6 rings (SSSR count). The predicted molar refractivity (Wildman–Crippen MR) is 174 cm³/mol. The molecule has 244 valence electrons. The third kappa shape index (κ3) is 6.35. The fraction of sp³-hybridized carbons (Fsp3) is 0.314. The number of rotatable bonds is 12. The first kappa shape index (κ1) is 31.9. The Kier molecular flexibility index (Phi) is 9.34. The molecular weight excluding hydrogens is 602 g/mol. The average Bonchev–Trinajstić information content (AvgIpc) is 3.69. The fourth-order valence-electron chi connectivity index (χ4n) is 5.93. The molecule has 47 heavy (non-hydrogen) atoms. The van der Waals surface area contributed by atoms with Crippen LogP contribution < -0.4 is 20.3 Å². The van der Waals surface area contributed by atoms with Crippen LogP contribution in [0.25, 0.3) is 11.2 Å². The number of nitrogens with one attached hydrogen (secondary N) is 2. The molecule has 0 bridgehead atoms. The highest BCUT2D eigenvalue weighted by molar-refractivity contribution is 5.89. The number of benzene rings is 3. The van der Waals surface area contributed by atoms with E-state index in [2.05, 4.69) is 20.3 Å². The minimum atomic E-state index is -1.09. The molecule has 3 heterocycles. The van der Waals surface area contributed by atoms with Gasteiger partial charge in [0.15, 0.2) is 11.2 Å². The topological polar surface area (TPSA) is 150 Å². The molecule has 3 aromatic carbocycles. The number of aromatic amines is 1. The van der Waals surface area contributed by atoms with Crippen molar-refractivity contribution in [1.82, 2.24) is 19.5 Å². The lowest BCUT2D eigenvalue weighted by molar-refractivity contribution is -0.116. The molecule has 0 spiro atoms. The maximum atomic E-state index is 12.7. The summed E-state index contributed by atoms with van der Waals surface area (Å²) in [6, 6.07) is 25.2. The molecule has 0 aliphatic carbocycles. The van der Waals surface area contributed by atoms with Gasteiger partial charge in [-0.3, -0.25) is 24.5 Å². The quantitative estimate of drug-likeness (QED) is 0.167. The predicted octanol–water partition coefficient (Wildman–Crippen LogP) is 4.53. The number of anilines is 1. The lowest BCUT2D eigenvalue weighted by Crippen LogP contribution is -2.38. The van der Waals surface area contributed by atoms with Crippen molar-refractivity contribution in [2.24, 2.45) is 0 Å². The molecule has 3 atom stereocenters. The number of carbonyl (C=O) groups excluding carboxylic acids is 1. The molecule has 3 N–H and O–H groups in total. The van der Waals surface area contributed by atoms with Crippen LogP contribution in [0.2, 0.25) is 0 Å². The first-order chi connectivity index (χ1) is 22.9. The first-order valence-electron chi connectivity index (χ1n) is 15.4. The maximum absolute atomic E-state index is 12.7. The molecule has 2 aromatic heterocycles. The zero-order valence-corrected chi connectivity index (χ0v) is 26.4. The van der Waals surface area contributed by atoms with Crippen LogP contribution >= 0.6 is 0 Å². The lowest BCUT2D eigenvalue weighted by atomic mass is 9.80. The Hall–Kier alpha value is -5.04. The minimum absolute atomic E-state index is 0.0174. The number of imidazole rings is 1. The van der Waals surface area contributed by atoms with E-state index in [-0.39, 0.29) is 42.5 Å². The Bertz CT molecular complexity index is 1830. The van der Waals surface area contributed by atoms with Crippen LogP contribution in [0.3, 0.4) is 0 Å². The number of aliphatic hydroxyl groups excluding tert-OH is 1. The van der Waals surface area contributed by atoms with Gasteiger partial charge in [-0.05, 0) is 47.4 Å². The Balaban J connectivity index is 1.33. The second kappa shape index (κ2) is 13.8. The van der Waals surface area contributed by atoms with Crippen LogP contribution in [-0.4, -0.2) is 63.6 Å². The Labute approximate surface area is 271 Å². The van der Waals surface area contributed by atoms with Gasteiger partial charge in [0.05, 0.1) is 33.3 Å². The number of amides is 1. The molecule has 12 nitrogen and oxygen atoms in total. The highest BCUT2D eigenvalue weighted by atomic mass is 16.6. The number of hydrogen-bond acceptors (Lipinski definition) is 9. The van der Waals surface area contributed by atoms with Gasteiger partial charge in [0, 0.05) is 12.8 Å². The molecular formula is C35H37N5O7. The number of H-pyrrole nitrogens is 1. The molecule has 1 saturated heterocycles. The molecule has 5 aromatic rings. The number of aromatic nitrogens is 4. The van der Waals surface area contributed by atoms with E-state index in [1.165, 1.54) is 6.33 Å². The average molecular weight is 640 g/mol. The highest BCUT2D eigenvalue weighted by Gasteiger charge is 2.42. The molecule has 1 aliphatic heterocycles. The van der Waals surface area contributed by atoms with Crippen molar-refractivity contribution in [3.8, 4) is 11.5 Å². The minimum Gasteiger partial charge on any atom is -0.497 e. The summed E-state index contributed by atoms with van der Waals surface area (Å²) in [5, 5.41) is 13.9.